The van der Waals surface area contributed by atoms with E-state index in [9.17, 15) is 13.2 Å². The monoisotopic (exact) mass is 346 g/mol. The van der Waals surface area contributed by atoms with Crippen molar-refractivity contribution < 1.29 is 13.2 Å². The van der Waals surface area contributed by atoms with Gasteiger partial charge in [0.2, 0.25) is 0 Å². The van der Waals surface area contributed by atoms with E-state index in [0.717, 1.165) is 0 Å². The first-order valence-electron chi connectivity index (χ1n) is 7.64. The minimum atomic E-state index is -4.64. The molecule has 124 valence electrons. The van der Waals surface area contributed by atoms with E-state index in [1.807, 2.05) is 0 Å². The van der Waals surface area contributed by atoms with E-state index in [4.69, 9.17) is 0 Å². The van der Waals surface area contributed by atoms with Gasteiger partial charge in [-0.1, -0.05) is 0 Å². The molecule has 0 saturated carbocycles. The van der Waals surface area contributed by atoms with Crippen LogP contribution in [-0.2, 0) is 0 Å². The van der Waals surface area contributed by atoms with Crippen LogP contribution >= 0.6 is 6.60 Å². The Labute approximate surface area is 139 Å². The molecule has 0 radical (unpaired) electrons. The molecule has 3 rings (SSSR count). The molecule has 0 saturated heterocycles. The van der Waals surface area contributed by atoms with E-state index in [2.05, 4.69) is 0 Å². The van der Waals surface area contributed by atoms with Crippen molar-refractivity contribution in [2.45, 2.75) is 5.92 Å². The Morgan fingerprint density at radius 2 is 0.792 bits per heavy atom. The summed E-state index contributed by atoms with van der Waals surface area (Å²) in [5, 5.41) is 0.982. The van der Waals surface area contributed by atoms with Crippen molar-refractivity contribution in [2.75, 3.05) is 6.66 Å². The molecule has 0 fully saturated rings. The Balaban J connectivity index is 2.53. The summed E-state index contributed by atoms with van der Waals surface area (Å²) in [6, 6.07) is 24.9. The second kappa shape index (κ2) is 5.75. The van der Waals surface area contributed by atoms with E-state index < -0.39 is 12.5 Å². The van der Waals surface area contributed by atoms with Crippen molar-refractivity contribution in [1.29, 1.82) is 0 Å². The third kappa shape index (κ3) is 2.12. The molecule has 0 bridgehead atoms. The van der Waals surface area contributed by atoms with Gasteiger partial charge >= 0.3 is 139 Å². The zero-order chi connectivity index (χ0) is 17.3. The number of hydrogen-bond acceptors (Lipinski definition) is 0. The van der Waals surface area contributed by atoms with Gasteiger partial charge in [-0.2, -0.15) is 0 Å². The van der Waals surface area contributed by atoms with Crippen molar-refractivity contribution >= 4 is 22.5 Å². The molecule has 0 atom stereocenters. The summed E-state index contributed by atoms with van der Waals surface area (Å²) in [6.45, 7) is -3.23. The fraction of sp³-hybridized carbons (Fsp3) is 0.100. The minimum absolute atomic E-state index is 0.327. The molecular formula is C20H18F3P. The summed E-state index contributed by atoms with van der Waals surface area (Å²) in [6.07, 6.45) is 0. The molecule has 0 aliphatic heterocycles. The van der Waals surface area contributed by atoms with Gasteiger partial charge in [0.25, 0.3) is 0 Å². The normalized spacial score (nSPS) is 13.9. The van der Waals surface area contributed by atoms with Gasteiger partial charge in [-0.3, -0.25) is 0 Å². The van der Waals surface area contributed by atoms with Gasteiger partial charge in [0.05, 0.1) is 0 Å². The standard InChI is InChI=1S/C20H18F3P/c1-24(20(21,22)23,17-11-5-2-6-12-17,18-13-7-3-8-14-18)19-15-9-4-10-16-19/h2-16H,1H3. The molecule has 4 heteroatoms. The van der Waals surface area contributed by atoms with Gasteiger partial charge in [0, 0.05) is 0 Å². The second-order valence-corrected chi connectivity index (χ2v) is 11.2. The number of hydrogen-bond donors (Lipinski definition) is 0. The molecule has 24 heavy (non-hydrogen) atoms. The number of benzene rings is 3. The van der Waals surface area contributed by atoms with Crippen molar-refractivity contribution in [2.24, 2.45) is 0 Å². The molecule has 0 unspecified atom stereocenters. The molecule has 0 aliphatic rings. The first-order valence-corrected chi connectivity index (χ1v) is 10.3. The van der Waals surface area contributed by atoms with Crippen molar-refractivity contribution in [3.05, 3.63) is 91.0 Å². The van der Waals surface area contributed by atoms with Crippen molar-refractivity contribution in [3.63, 3.8) is 0 Å². The Kier molecular flexibility index (Phi) is 4.01. The van der Waals surface area contributed by atoms with Gasteiger partial charge in [0.15, 0.2) is 0 Å². The van der Waals surface area contributed by atoms with Gasteiger partial charge < -0.3 is 0 Å². The van der Waals surface area contributed by atoms with Gasteiger partial charge in [-0.15, -0.1) is 0 Å². The summed E-state index contributed by atoms with van der Waals surface area (Å²) < 4.78 is 44.6. The third-order valence-electron chi connectivity index (χ3n) is 4.84. The van der Waals surface area contributed by atoms with Crippen LogP contribution in [0.4, 0.5) is 13.2 Å². The van der Waals surface area contributed by atoms with Gasteiger partial charge in [-0.05, 0) is 0 Å². The van der Waals surface area contributed by atoms with Crippen LogP contribution in [0.25, 0.3) is 0 Å². The topological polar surface area (TPSA) is 0 Å². The van der Waals surface area contributed by atoms with Crippen molar-refractivity contribution in [3.8, 4) is 0 Å². The molecule has 0 spiro atoms. The van der Waals surface area contributed by atoms with Crippen LogP contribution in [0.15, 0.2) is 91.0 Å². The number of alkyl halides is 3. The molecule has 0 N–H and O–H groups in total. The first-order chi connectivity index (χ1) is 11.4. The van der Waals surface area contributed by atoms with E-state index in [-0.39, 0.29) is 0 Å². The predicted molar refractivity (Wildman–Crippen MR) is 97.1 cm³/mol. The SMILES string of the molecule is CP(c1ccccc1)(c1ccccc1)(c1ccccc1)C(F)(F)F. The summed E-state index contributed by atoms with van der Waals surface area (Å²) >= 11 is 0. The number of rotatable bonds is 3. The fourth-order valence-corrected chi connectivity index (χ4v) is 7.81. The quantitative estimate of drug-likeness (QED) is 0.605. The van der Waals surface area contributed by atoms with Crippen LogP contribution in [-0.4, -0.2) is 12.6 Å². The van der Waals surface area contributed by atoms with E-state index in [1.54, 1.807) is 91.0 Å². The Bertz CT molecular complexity index is 712. The molecule has 0 nitrogen and oxygen atoms in total. The van der Waals surface area contributed by atoms with Gasteiger partial charge in [-0.25, -0.2) is 0 Å². The Hall–Kier alpha value is -2.12. The molecule has 0 amide bonds. The molecular weight excluding hydrogens is 328 g/mol. The molecule has 3 aromatic rings. The molecule has 0 heterocycles. The maximum atomic E-state index is 14.9. The Morgan fingerprint density at radius 1 is 0.542 bits per heavy atom. The third-order valence-corrected chi connectivity index (χ3v) is 10.9. The molecule has 3 aromatic carbocycles. The van der Waals surface area contributed by atoms with Crippen LogP contribution in [0.1, 0.15) is 0 Å². The average molecular weight is 346 g/mol. The van der Waals surface area contributed by atoms with Crippen LogP contribution in [0.3, 0.4) is 0 Å². The first kappa shape index (κ1) is 16.7. The number of halogens is 3. The van der Waals surface area contributed by atoms with Crippen LogP contribution in [0.5, 0.6) is 0 Å². The average Bonchev–Trinajstić information content (AvgIpc) is 2.62. The summed E-state index contributed by atoms with van der Waals surface area (Å²) in [5.41, 5.74) is 0. The van der Waals surface area contributed by atoms with E-state index >= 15 is 0 Å². The predicted octanol–water partition coefficient (Wildman–Crippen LogP) is 4.67. The van der Waals surface area contributed by atoms with Gasteiger partial charge in [0.1, 0.15) is 0 Å². The summed E-state index contributed by atoms with van der Waals surface area (Å²) in [5.74, 6) is -4.41. The van der Waals surface area contributed by atoms with Crippen LogP contribution in [0, 0.1) is 0 Å². The van der Waals surface area contributed by atoms with Crippen LogP contribution in [0.2, 0.25) is 0 Å². The van der Waals surface area contributed by atoms with Crippen molar-refractivity contribution in [1.82, 2.24) is 0 Å². The van der Waals surface area contributed by atoms with E-state index in [0.29, 0.717) is 15.9 Å². The fourth-order valence-electron chi connectivity index (χ4n) is 3.29. The Morgan fingerprint density at radius 3 is 1.00 bits per heavy atom. The zero-order valence-corrected chi connectivity index (χ0v) is 14.1. The molecule has 0 aromatic heterocycles. The second-order valence-electron chi connectivity index (χ2n) is 6.04. The summed E-state index contributed by atoms with van der Waals surface area (Å²) in [7, 11) is 0. The summed E-state index contributed by atoms with van der Waals surface area (Å²) in [4.78, 5) is 0. The maximum absolute atomic E-state index is 14.9. The van der Waals surface area contributed by atoms with E-state index in [1.165, 1.54) is 6.66 Å². The molecule has 0 aliphatic carbocycles. The zero-order valence-electron chi connectivity index (χ0n) is 13.2. The van der Waals surface area contributed by atoms with Crippen LogP contribution < -0.4 is 15.9 Å².